The van der Waals surface area contributed by atoms with Gasteiger partial charge in [-0.2, -0.15) is 10.2 Å². The SMILES string of the molecule is O=C1OC[C@H](c2ccccc2)N1c1ccn2ncc(-c3ccc(-c4ncn[nH]4)cc3)c2n1. The van der Waals surface area contributed by atoms with E-state index in [4.69, 9.17) is 9.72 Å². The van der Waals surface area contributed by atoms with Crippen LogP contribution in [0, 0.1) is 0 Å². The number of aromatic amines is 1. The lowest BCUT2D eigenvalue weighted by Crippen LogP contribution is -2.28. The molecule has 1 amide bonds. The van der Waals surface area contributed by atoms with Gasteiger partial charge < -0.3 is 4.74 Å². The Balaban J connectivity index is 1.39. The van der Waals surface area contributed by atoms with Crippen molar-refractivity contribution in [3.63, 3.8) is 0 Å². The van der Waals surface area contributed by atoms with Crippen molar-refractivity contribution in [2.24, 2.45) is 0 Å². The van der Waals surface area contributed by atoms with Gasteiger partial charge in [0.25, 0.3) is 0 Å². The average molecular weight is 423 g/mol. The van der Waals surface area contributed by atoms with Gasteiger partial charge in [0.15, 0.2) is 11.5 Å². The van der Waals surface area contributed by atoms with Crippen LogP contribution in [0.25, 0.3) is 28.2 Å². The van der Waals surface area contributed by atoms with Gasteiger partial charge in [-0.05, 0) is 17.2 Å². The van der Waals surface area contributed by atoms with E-state index in [1.54, 1.807) is 27.9 Å². The van der Waals surface area contributed by atoms with Crippen molar-refractivity contribution < 1.29 is 9.53 Å². The zero-order valence-corrected chi connectivity index (χ0v) is 16.8. The lowest BCUT2D eigenvalue weighted by atomic mass is 10.1. The van der Waals surface area contributed by atoms with Crippen LogP contribution in [-0.2, 0) is 4.74 Å². The van der Waals surface area contributed by atoms with Crippen LogP contribution in [-0.4, -0.2) is 42.5 Å². The second kappa shape index (κ2) is 7.31. The third kappa shape index (κ3) is 2.99. The Morgan fingerprint density at radius 3 is 2.59 bits per heavy atom. The fraction of sp³-hybridized carbons (Fsp3) is 0.0870. The molecule has 2 aromatic carbocycles. The molecule has 9 heteroatoms. The Hall–Kier alpha value is -4.53. The van der Waals surface area contributed by atoms with E-state index in [2.05, 4.69) is 20.3 Å². The summed E-state index contributed by atoms with van der Waals surface area (Å²) in [5.74, 6) is 1.23. The molecule has 1 fully saturated rings. The molecule has 1 aliphatic heterocycles. The quantitative estimate of drug-likeness (QED) is 0.471. The molecular formula is C23H17N7O2. The van der Waals surface area contributed by atoms with Crippen molar-refractivity contribution in [2.45, 2.75) is 6.04 Å². The molecule has 0 saturated carbocycles. The van der Waals surface area contributed by atoms with Gasteiger partial charge in [-0.1, -0.05) is 54.6 Å². The van der Waals surface area contributed by atoms with Gasteiger partial charge in [0.05, 0.1) is 6.20 Å². The van der Waals surface area contributed by atoms with Gasteiger partial charge in [-0.3, -0.25) is 10.00 Å². The first-order chi connectivity index (χ1) is 15.8. The molecule has 5 aromatic rings. The zero-order chi connectivity index (χ0) is 21.5. The molecule has 6 rings (SSSR count). The summed E-state index contributed by atoms with van der Waals surface area (Å²) in [5.41, 5.74) is 4.40. The van der Waals surface area contributed by atoms with E-state index in [0.29, 0.717) is 17.3 Å². The molecule has 1 aliphatic rings. The number of aromatic nitrogens is 6. The number of rotatable bonds is 4. The summed E-state index contributed by atoms with van der Waals surface area (Å²) < 4.78 is 7.05. The van der Waals surface area contributed by atoms with Gasteiger partial charge in [-0.25, -0.2) is 19.3 Å². The number of nitrogens with one attached hydrogen (secondary N) is 1. The van der Waals surface area contributed by atoms with E-state index in [-0.39, 0.29) is 12.6 Å². The highest BCUT2D eigenvalue weighted by Gasteiger charge is 2.36. The monoisotopic (exact) mass is 423 g/mol. The molecule has 3 aromatic heterocycles. The summed E-state index contributed by atoms with van der Waals surface area (Å²) in [7, 11) is 0. The highest BCUT2D eigenvalue weighted by molar-refractivity contribution is 5.90. The summed E-state index contributed by atoms with van der Waals surface area (Å²) in [6, 6.07) is 19.3. The first kappa shape index (κ1) is 18.3. The molecule has 1 saturated heterocycles. The maximum atomic E-state index is 12.6. The van der Waals surface area contributed by atoms with Gasteiger partial charge in [0, 0.05) is 17.3 Å². The number of anilines is 1. The molecule has 156 valence electrons. The Bertz CT molecular complexity index is 1400. The van der Waals surface area contributed by atoms with Crippen LogP contribution in [0.4, 0.5) is 10.6 Å². The van der Waals surface area contributed by atoms with Gasteiger partial charge in [0.2, 0.25) is 0 Å². The number of nitrogens with zero attached hydrogens (tertiary/aromatic N) is 6. The number of amides is 1. The molecule has 9 nitrogen and oxygen atoms in total. The number of carbonyl (C=O) groups excluding carboxylic acids is 1. The van der Waals surface area contributed by atoms with Crippen LogP contribution in [0.3, 0.4) is 0 Å². The lowest BCUT2D eigenvalue weighted by Gasteiger charge is -2.20. The molecule has 32 heavy (non-hydrogen) atoms. The topological polar surface area (TPSA) is 101 Å². The minimum Gasteiger partial charge on any atom is -0.447 e. The number of fused-ring (bicyclic) bond motifs is 1. The third-order valence-corrected chi connectivity index (χ3v) is 5.54. The second-order valence-corrected chi connectivity index (χ2v) is 7.40. The third-order valence-electron chi connectivity index (χ3n) is 5.54. The Labute approximate surface area is 182 Å². The Morgan fingerprint density at radius 1 is 1.00 bits per heavy atom. The van der Waals surface area contributed by atoms with Crippen LogP contribution >= 0.6 is 0 Å². The maximum absolute atomic E-state index is 12.6. The number of hydrogen-bond donors (Lipinski definition) is 1. The zero-order valence-electron chi connectivity index (χ0n) is 16.8. The van der Waals surface area contributed by atoms with Crippen molar-refractivity contribution in [1.29, 1.82) is 0 Å². The summed E-state index contributed by atoms with van der Waals surface area (Å²) >= 11 is 0. The van der Waals surface area contributed by atoms with Crippen LogP contribution in [0.15, 0.2) is 79.4 Å². The molecule has 0 bridgehead atoms. The number of benzene rings is 2. The van der Waals surface area contributed by atoms with Crippen molar-refractivity contribution in [1.82, 2.24) is 29.8 Å². The van der Waals surface area contributed by atoms with E-state index >= 15 is 0 Å². The number of ether oxygens (including phenoxy) is 1. The largest absolute Gasteiger partial charge is 0.447 e. The van der Waals surface area contributed by atoms with E-state index < -0.39 is 6.09 Å². The molecule has 0 aliphatic carbocycles. The highest BCUT2D eigenvalue weighted by Crippen LogP contribution is 2.33. The van der Waals surface area contributed by atoms with Crippen LogP contribution < -0.4 is 4.90 Å². The fourth-order valence-electron chi connectivity index (χ4n) is 3.94. The first-order valence-electron chi connectivity index (χ1n) is 10.1. The summed E-state index contributed by atoms with van der Waals surface area (Å²) in [6.45, 7) is 0.283. The number of hydrogen-bond acceptors (Lipinski definition) is 6. The molecule has 0 unspecified atom stereocenters. The molecule has 4 heterocycles. The van der Waals surface area contributed by atoms with Crippen LogP contribution in [0.1, 0.15) is 11.6 Å². The highest BCUT2D eigenvalue weighted by atomic mass is 16.6. The van der Waals surface area contributed by atoms with Crippen LogP contribution in [0.5, 0.6) is 0 Å². The predicted octanol–water partition coefficient (Wildman–Crippen LogP) is 3.88. The van der Waals surface area contributed by atoms with Crippen molar-refractivity contribution in [3.8, 4) is 22.5 Å². The van der Waals surface area contributed by atoms with Crippen LogP contribution in [0.2, 0.25) is 0 Å². The van der Waals surface area contributed by atoms with Crippen molar-refractivity contribution in [3.05, 3.63) is 84.9 Å². The predicted molar refractivity (Wildman–Crippen MR) is 117 cm³/mol. The lowest BCUT2D eigenvalue weighted by molar-refractivity contribution is 0.179. The van der Waals surface area contributed by atoms with E-state index in [9.17, 15) is 4.79 Å². The Kier molecular flexibility index (Phi) is 4.17. The van der Waals surface area contributed by atoms with Crippen molar-refractivity contribution >= 4 is 17.6 Å². The molecule has 1 atom stereocenters. The normalized spacial score (nSPS) is 15.9. The average Bonchev–Trinajstić information content (AvgIpc) is 3.59. The van der Waals surface area contributed by atoms with Gasteiger partial charge in [-0.15, -0.1) is 0 Å². The van der Waals surface area contributed by atoms with Gasteiger partial charge in [0.1, 0.15) is 24.8 Å². The van der Waals surface area contributed by atoms with Gasteiger partial charge >= 0.3 is 6.09 Å². The summed E-state index contributed by atoms with van der Waals surface area (Å²) in [4.78, 5) is 23.1. The van der Waals surface area contributed by atoms with E-state index in [0.717, 1.165) is 22.3 Å². The second-order valence-electron chi connectivity index (χ2n) is 7.40. The van der Waals surface area contributed by atoms with E-state index in [1.807, 2.05) is 54.6 Å². The number of H-pyrrole nitrogens is 1. The molecule has 0 spiro atoms. The van der Waals surface area contributed by atoms with E-state index in [1.165, 1.54) is 6.33 Å². The fourth-order valence-corrected chi connectivity index (χ4v) is 3.94. The number of carbonyl (C=O) groups is 1. The molecule has 0 radical (unpaired) electrons. The maximum Gasteiger partial charge on any atom is 0.416 e. The standard InChI is InChI=1S/C23H17N7O2/c31-23-30(19(13-32-23)16-4-2-1-3-5-16)20-10-11-29-22(27-20)18(12-26-29)15-6-8-17(9-7-15)21-24-14-25-28-21/h1-12,14,19H,13H2,(H,24,25,28)/t19-/m1/s1. The summed E-state index contributed by atoms with van der Waals surface area (Å²) in [6.07, 6.45) is 4.64. The molecular weight excluding hydrogens is 406 g/mol. The van der Waals surface area contributed by atoms with Crippen molar-refractivity contribution in [2.75, 3.05) is 11.5 Å². The molecule has 1 N–H and O–H groups in total. The Morgan fingerprint density at radius 2 is 1.81 bits per heavy atom. The minimum absolute atomic E-state index is 0.230. The summed E-state index contributed by atoms with van der Waals surface area (Å²) in [5, 5.41) is 11.2. The number of cyclic esters (lactones) is 1. The smallest absolute Gasteiger partial charge is 0.416 e. The minimum atomic E-state index is -0.409. The first-order valence-corrected chi connectivity index (χ1v) is 10.1.